The Labute approximate surface area is 169 Å². The molecule has 1 aromatic carbocycles. The molecule has 9 nitrogen and oxygen atoms in total. The molecule has 2 amide bonds. The van der Waals surface area contributed by atoms with Crippen molar-refractivity contribution in [2.45, 2.75) is 25.4 Å². The second-order valence-electron chi connectivity index (χ2n) is 6.77. The second kappa shape index (κ2) is 9.42. The highest BCUT2D eigenvalue weighted by Crippen LogP contribution is 2.24. The predicted octanol–water partition coefficient (Wildman–Crippen LogP) is 0.560. The van der Waals surface area contributed by atoms with E-state index in [-0.39, 0.29) is 24.3 Å². The minimum atomic E-state index is -0.227. The molecule has 0 fully saturated rings. The molecular weight excluding hydrogens is 376 g/mol. The van der Waals surface area contributed by atoms with Crippen LogP contribution in [0.15, 0.2) is 24.3 Å². The van der Waals surface area contributed by atoms with Crippen LogP contribution in [0.5, 0.6) is 11.5 Å². The van der Waals surface area contributed by atoms with Crippen molar-refractivity contribution in [2.75, 3.05) is 34.5 Å². The Morgan fingerprint density at radius 2 is 2.03 bits per heavy atom. The van der Waals surface area contributed by atoms with Gasteiger partial charge in [-0.15, -0.1) is 0 Å². The number of amides is 2. The van der Waals surface area contributed by atoms with Crippen LogP contribution in [0.3, 0.4) is 0 Å². The van der Waals surface area contributed by atoms with E-state index in [0.717, 1.165) is 11.3 Å². The number of rotatable bonds is 9. The van der Waals surface area contributed by atoms with Crippen LogP contribution in [-0.2, 0) is 28.9 Å². The van der Waals surface area contributed by atoms with Crippen molar-refractivity contribution in [1.82, 2.24) is 20.4 Å². The monoisotopic (exact) mass is 402 g/mol. The fourth-order valence-corrected chi connectivity index (χ4v) is 3.34. The van der Waals surface area contributed by atoms with Gasteiger partial charge in [0.25, 0.3) is 5.91 Å². The SMILES string of the molecule is COCCNC(=O)c1cc2n(n1)C[C@@H](NC(=O)Cc1cc(OC)ccc1OC)C2. The first-order chi connectivity index (χ1) is 14.0. The standard InChI is InChI=1S/C20H26N4O5/c1-27-7-6-21-20(26)17-11-15-10-14(12-24(15)23-17)22-19(25)9-13-8-16(28-2)4-5-18(13)29-3/h4-5,8,11,14H,6-7,9-10,12H2,1-3H3,(H,21,26)(H,22,25)/t14-/m0/s1. The van der Waals surface area contributed by atoms with Gasteiger partial charge in [-0.25, -0.2) is 0 Å². The molecule has 0 saturated carbocycles. The molecule has 156 valence electrons. The zero-order chi connectivity index (χ0) is 20.8. The number of nitrogens with one attached hydrogen (secondary N) is 2. The number of carbonyl (C=O) groups is 2. The van der Waals surface area contributed by atoms with E-state index in [1.165, 1.54) is 0 Å². The lowest BCUT2D eigenvalue weighted by atomic mass is 10.1. The summed E-state index contributed by atoms with van der Waals surface area (Å²) >= 11 is 0. The third-order valence-electron chi connectivity index (χ3n) is 4.74. The van der Waals surface area contributed by atoms with Gasteiger partial charge in [0.2, 0.25) is 5.91 Å². The maximum atomic E-state index is 12.5. The molecule has 1 aromatic heterocycles. The van der Waals surface area contributed by atoms with Crippen LogP contribution in [0.4, 0.5) is 0 Å². The smallest absolute Gasteiger partial charge is 0.271 e. The van der Waals surface area contributed by atoms with Crippen molar-refractivity contribution in [3.05, 3.63) is 41.2 Å². The summed E-state index contributed by atoms with van der Waals surface area (Å²) in [4.78, 5) is 24.6. The van der Waals surface area contributed by atoms with Crippen molar-refractivity contribution in [3.8, 4) is 11.5 Å². The average Bonchev–Trinajstić information content (AvgIpc) is 3.26. The maximum absolute atomic E-state index is 12.5. The van der Waals surface area contributed by atoms with Crippen LogP contribution in [0.25, 0.3) is 0 Å². The van der Waals surface area contributed by atoms with E-state index in [1.54, 1.807) is 50.3 Å². The van der Waals surface area contributed by atoms with Crippen LogP contribution < -0.4 is 20.1 Å². The first-order valence-electron chi connectivity index (χ1n) is 9.38. The minimum absolute atomic E-state index is 0.0628. The van der Waals surface area contributed by atoms with Crippen LogP contribution in [0.1, 0.15) is 21.7 Å². The van der Waals surface area contributed by atoms with Crippen molar-refractivity contribution in [3.63, 3.8) is 0 Å². The lowest BCUT2D eigenvalue weighted by Crippen LogP contribution is -2.37. The van der Waals surface area contributed by atoms with Gasteiger partial charge in [0.05, 0.1) is 39.8 Å². The molecule has 0 saturated heterocycles. The fraction of sp³-hybridized carbons (Fsp3) is 0.450. The number of carbonyl (C=O) groups excluding carboxylic acids is 2. The van der Waals surface area contributed by atoms with E-state index in [2.05, 4.69) is 15.7 Å². The largest absolute Gasteiger partial charge is 0.497 e. The zero-order valence-electron chi connectivity index (χ0n) is 16.9. The van der Waals surface area contributed by atoms with Crippen LogP contribution >= 0.6 is 0 Å². The molecule has 0 radical (unpaired) electrons. The Kier molecular flexibility index (Phi) is 6.71. The van der Waals surface area contributed by atoms with Crippen molar-refractivity contribution in [1.29, 1.82) is 0 Å². The Morgan fingerprint density at radius 3 is 2.72 bits per heavy atom. The van der Waals surface area contributed by atoms with Gasteiger partial charge in [-0.2, -0.15) is 5.10 Å². The molecule has 0 spiro atoms. The Morgan fingerprint density at radius 1 is 1.21 bits per heavy atom. The molecule has 1 aliphatic heterocycles. The van der Waals surface area contributed by atoms with Crippen molar-refractivity contribution in [2.24, 2.45) is 0 Å². The summed E-state index contributed by atoms with van der Waals surface area (Å²) in [7, 11) is 4.73. The molecule has 3 rings (SSSR count). The van der Waals surface area contributed by atoms with Gasteiger partial charge in [0.1, 0.15) is 17.2 Å². The number of aromatic nitrogens is 2. The summed E-state index contributed by atoms with van der Waals surface area (Å²) in [6.45, 7) is 1.41. The first kappa shape index (κ1) is 20.7. The summed E-state index contributed by atoms with van der Waals surface area (Å²) in [5.41, 5.74) is 2.06. The molecule has 0 aliphatic carbocycles. The second-order valence-corrected chi connectivity index (χ2v) is 6.77. The first-order valence-corrected chi connectivity index (χ1v) is 9.38. The lowest BCUT2D eigenvalue weighted by molar-refractivity contribution is -0.121. The third kappa shape index (κ3) is 5.05. The maximum Gasteiger partial charge on any atom is 0.271 e. The van der Waals surface area contributed by atoms with Crippen LogP contribution in [0.2, 0.25) is 0 Å². The van der Waals surface area contributed by atoms with Gasteiger partial charge in [0, 0.05) is 31.3 Å². The number of benzene rings is 1. The van der Waals surface area contributed by atoms with Crippen LogP contribution in [-0.4, -0.2) is 62.1 Å². The number of hydrogen-bond donors (Lipinski definition) is 2. The number of hydrogen-bond acceptors (Lipinski definition) is 6. The number of methoxy groups -OCH3 is 3. The number of fused-ring (bicyclic) bond motifs is 1. The summed E-state index contributed by atoms with van der Waals surface area (Å²) in [5.74, 6) is 0.981. The number of ether oxygens (including phenoxy) is 3. The van der Waals surface area contributed by atoms with Gasteiger partial charge < -0.3 is 24.8 Å². The fourth-order valence-electron chi connectivity index (χ4n) is 3.34. The molecule has 2 N–H and O–H groups in total. The summed E-state index contributed by atoms with van der Waals surface area (Å²) < 4.78 is 17.2. The molecule has 29 heavy (non-hydrogen) atoms. The van der Waals surface area contributed by atoms with E-state index in [9.17, 15) is 9.59 Å². The highest BCUT2D eigenvalue weighted by atomic mass is 16.5. The highest BCUT2D eigenvalue weighted by molar-refractivity contribution is 5.92. The minimum Gasteiger partial charge on any atom is -0.497 e. The quantitative estimate of drug-likeness (QED) is 0.594. The van der Waals surface area contributed by atoms with Crippen molar-refractivity contribution < 1.29 is 23.8 Å². The Hall–Kier alpha value is -3.07. The van der Waals surface area contributed by atoms with E-state index in [4.69, 9.17) is 14.2 Å². The molecular formula is C20H26N4O5. The zero-order valence-corrected chi connectivity index (χ0v) is 16.9. The summed E-state index contributed by atoms with van der Waals surface area (Å²) in [6, 6.07) is 7.07. The lowest BCUT2D eigenvalue weighted by Gasteiger charge is -2.14. The predicted molar refractivity (Wildman–Crippen MR) is 105 cm³/mol. The van der Waals surface area contributed by atoms with Gasteiger partial charge in [-0.3, -0.25) is 14.3 Å². The number of nitrogens with zero attached hydrogens (tertiary/aromatic N) is 2. The van der Waals surface area contributed by atoms with E-state index in [0.29, 0.717) is 43.3 Å². The third-order valence-corrected chi connectivity index (χ3v) is 4.74. The topological polar surface area (TPSA) is 104 Å². The van der Waals surface area contributed by atoms with E-state index < -0.39 is 0 Å². The molecule has 1 atom stereocenters. The molecule has 2 aromatic rings. The average molecular weight is 402 g/mol. The highest BCUT2D eigenvalue weighted by Gasteiger charge is 2.26. The van der Waals surface area contributed by atoms with Gasteiger partial charge in [-0.05, 0) is 24.3 Å². The van der Waals surface area contributed by atoms with Gasteiger partial charge in [0.15, 0.2) is 0 Å². The molecule has 9 heteroatoms. The van der Waals surface area contributed by atoms with Crippen LogP contribution in [0, 0.1) is 0 Å². The summed E-state index contributed by atoms with van der Waals surface area (Å²) in [5, 5.41) is 10.1. The Bertz CT molecular complexity index is 856. The Balaban J connectivity index is 1.55. The molecule has 0 unspecified atom stereocenters. The normalized spacial score (nSPS) is 14.9. The van der Waals surface area contributed by atoms with E-state index >= 15 is 0 Å². The molecule has 0 bridgehead atoms. The molecule has 1 aliphatic rings. The van der Waals surface area contributed by atoms with Gasteiger partial charge >= 0.3 is 0 Å². The van der Waals surface area contributed by atoms with Crippen molar-refractivity contribution >= 4 is 11.8 Å². The summed E-state index contributed by atoms with van der Waals surface area (Å²) in [6.07, 6.45) is 0.811. The van der Waals surface area contributed by atoms with E-state index in [1.807, 2.05) is 0 Å². The van der Waals surface area contributed by atoms with Gasteiger partial charge in [-0.1, -0.05) is 0 Å². The molecule has 2 heterocycles.